The molecule has 1 N–H and O–H groups in total. The van der Waals surface area contributed by atoms with Crippen LogP contribution < -0.4 is 4.72 Å². The van der Waals surface area contributed by atoms with Crippen molar-refractivity contribution in [3.63, 3.8) is 0 Å². The first-order valence-electron chi connectivity index (χ1n) is 8.64. The van der Waals surface area contributed by atoms with Crippen molar-refractivity contribution >= 4 is 43.2 Å². The van der Waals surface area contributed by atoms with Crippen LogP contribution in [0.5, 0.6) is 0 Å². The van der Waals surface area contributed by atoms with Gasteiger partial charge < -0.3 is 0 Å². The number of aryl methyl sites for hydroxylation is 1. The van der Waals surface area contributed by atoms with E-state index in [0.29, 0.717) is 12.8 Å². The van der Waals surface area contributed by atoms with Crippen molar-refractivity contribution in [2.75, 3.05) is 13.1 Å². The summed E-state index contributed by atoms with van der Waals surface area (Å²) >= 11 is 11.9. The summed E-state index contributed by atoms with van der Waals surface area (Å²) in [7, 11) is -7.45. The Bertz CT molecular complexity index is 1060. The standard InChI is InChI=1S/C18H20Cl2N2O4S2/c1-13-5-7-15(8-6-13)28(25,26)22-11-9-14(10-12-22)21-27(23,24)17-4-2-3-16(19)18(17)20/h2-8,14,21H,9-12H2,1H3. The molecule has 0 atom stereocenters. The van der Waals surface area contributed by atoms with Crippen molar-refractivity contribution in [2.24, 2.45) is 0 Å². The van der Waals surface area contributed by atoms with Crippen LogP contribution in [0.2, 0.25) is 10.0 Å². The second kappa shape index (κ2) is 8.30. The van der Waals surface area contributed by atoms with Gasteiger partial charge in [-0.2, -0.15) is 4.31 Å². The predicted molar refractivity (Wildman–Crippen MR) is 110 cm³/mol. The molecule has 0 spiro atoms. The summed E-state index contributed by atoms with van der Waals surface area (Å²) in [6.07, 6.45) is 0.727. The molecule has 3 rings (SSSR count). The maximum atomic E-state index is 12.7. The molecule has 0 radical (unpaired) electrons. The fourth-order valence-electron chi connectivity index (χ4n) is 3.05. The molecule has 0 saturated carbocycles. The van der Waals surface area contributed by atoms with Crippen molar-refractivity contribution in [2.45, 2.75) is 35.6 Å². The van der Waals surface area contributed by atoms with E-state index in [1.807, 2.05) is 6.92 Å². The summed E-state index contributed by atoms with van der Waals surface area (Å²) in [6, 6.07) is 10.7. The number of piperidine rings is 1. The van der Waals surface area contributed by atoms with Gasteiger partial charge in [0.25, 0.3) is 0 Å². The molecule has 152 valence electrons. The van der Waals surface area contributed by atoms with E-state index < -0.39 is 20.0 Å². The van der Waals surface area contributed by atoms with Crippen LogP contribution in [0.25, 0.3) is 0 Å². The molecule has 10 heteroatoms. The van der Waals surface area contributed by atoms with Gasteiger partial charge in [-0.25, -0.2) is 21.6 Å². The highest BCUT2D eigenvalue weighted by Crippen LogP contribution is 2.29. The zero-order valence-electron chi connectivity index (χ0n) is 15.1. The third-order valence-electron chi connectivity index (χ3n) is 4.64. The van der Waals surface area contributed by atoms with Gasteiger partial charge >= 0.3 is 0 Å². The first-order valence-corrected chi connectivity index (χ1v) is 12.3. The molecular formula is C18H20Cl2N2O4S2. The minimum atomic E-state index is -3.86. The van der Waals surface area contributed by atoms with Gasteiger partial charge in [0, 0.05) is 19.1 Å². The van der Waals surface area contributed by atoms with E-state index in [-0.39, 0.29) is 39.0 Å². The molecule has 0 amide bonds. The van der Waals surface area contributed by atoms with Gasteiger partial charge in [-0.15, -0.1) is 0 Å². The predicted octanol–water partition coefficient (Wildman–Crippen LogP) is 3.43. The molecular weight excluding hydrogens is 443 g/mol. The number of hydrogen-bond acceptors (Lipinski definition) is 4. The Morgan fingerprint density at radius 3 is 2.18 bits per heavy atom. The Morgan fingerprint density at radius 2 is 1.57 bits per heavy atom. The Hall–Kier alpha value is -1.16. The lowest BCUT2D eigenvalue weighted by Crippen LogP contribution is -2.46. The quantitative estimate of drug-likeness (QED) is 0.737. The molecule has 0 bridgehead atoms. The Morgan fingerprint density at radius 1 is 0.964 bits per heavy atom. The molecule has 1 heterocycles. The largest absolute Gasteiger partial charge is 0.243 e. The Kier molecular flexibility index (Phi) is 6.38. The highest BCUT2D eigenvalue weighted by atomic mass is 35.5. The highest BCUT2D eigenvalue weighted by Gasteiger charge is 2.32. The normalized spacial score (nSPS) is 17.0. The van der Waals surface area contributed by atoms with E-state index in [4.69, 9.17) is 23.2 Å². The molecule has 2 aromatic rings. The van der Waals surface area contributed by atoms with E-state index in [1.54, 1.807) is 24.3 Å². The van der Waals surface area contributed by atoms with Gasteiger partial charge in [-0.05, 0) is 44.0 Å². The van der Waals surface area contributed by atoms with E-state index in [1.165, 1.54) is 22.5 Å². The van der Waals surface area contributed by atoms with Crippen LogP contribution >= 0.6 is 23.2 Å². The molecule has 2 aromatic carbocycles. The van der Waals surface area contributed by atoms with Crippen LogP contribution in [0, 0.1) is 6.92 Å². The first-order chi connectivity index (χ1) is 13.1. The van der Waals surface area contributed by atoms with Crippen molar-refractivity contribution in [3.05, 3.63) is 58.1 Å². The van der Waals surface area contributed by atoms with Gasteiger partial charge in [-0.1, -0.05) is 47.0 Å². The third kappa shape index (κ3) is 4.53. The monoisotopic (exact) mass is 462 g/mol. The van der Waals surface area contributed by atoms with Gasteiger partial charge in [0.1, 0.15) is 4.90 Å². The first kappa shape index (κ1) is 21.5. The summed E-state index contributed by atoms with van der Waals surface area (Å²) < 4.78 is 54.7. The summed E-state index contributed by atoms with van der Waals surface area (Å²) in [4.78, 5) is 0.152. The molecule has 1 saturated heterocycles. The van der Waals surface area contributed by atoms with Crippen molar-refractivity contribution < 1.29 is 16.8 Å². The van der Waals surface area contributed by atoms with Crippen LogP contribution in [0.3, 0.4) is 0 Å². The zero-order chi connectivity index (χ0) is 20.5. The van der Waals surface area contributed by atoms with Gasteiger partial charge in [0.2, 0.25) is 20.0 Å². The minimum absolute atomic E-state index is 0.0314. The van der Waals surface area contributed by atoms with Crippen LogP contribution in [-0.4, -0.2) is 40.3 Å². The van der Waals surface area contributed by atoms with Gasteiger partial charge in [0.15, 0.2) is 0 Å². The molecule has 0 aliphatic carbocycles. The number of benzene rings is 2. The summed E-state index contributed by atoms with van der Waals surface area (Å²) in [5.41, 5.74) is 0.978. The van der Waals surface area contributed by atoms with Crippen molar-refractivity contribution in [1.82, 2.24) is 9.03 Å². The minimum Gasteiger partial charge on any atom is -0.208 e. The second-order valence-electron chi connectivity index (χ2n) is 6.66. The average Bonchev–Trinajstić information content (AvgIpc) is 2.64. The van der Waals surface area contributed by atoms with E-state index in [2.05, 4.69) is 4.72 Å². The lowest BCUT2D eigenvalue weighted by Gasteiger charge is -2.31. The van der Waals surface area contributed by atoms with Crippen molar-refractivity contribution in [1.29, 1.82) is 0 Å². The number of sulfonamides is 2. The van der Waals surface area contributed by atoms with Crippen LogP contribution in [0.1, 0.15) is 18.4 Å². The fraction of sp³-hybridized carbons (Fsp3) is 0.333. The average molecular weight is 463 g/mol. The lowest BCUT2D eigenvalue weighted by molar-refractivity contribution is 0.308. The zero-order valence-corrected chi connectivity index (χ0v) is 18.2. The van der Waals surface area contributed by atoms with Crippen LogP contribution in [0.4, 0.5) is 0 Å². The molecule has 28 heavy (non-hydrogen) atoms. The maximum absolute atomic E-state index is 12.7. The summed E-state index contributed by atoms with van der Waals surface area (Å²) in [5.74, 6) is 0. The van der Waals surface area contributed by atoms with E-state index in [9.17, 15) is 16.8 Å². The second-order valence-corrected chi connectivity index (χ2v) is 11.1. The maximum Gasteiger partial charge on any atom is 0.243 e. The number of hydrogen-bond donors (Lipinski definition) is 1. The highest BCUT2D eigenvalue weighted by molar-refractivity contribution is 7.89. The Balaban J connectivity index is 1.68. The molecule has 1 aliphatic heterocycles. The van der Waals surface area contributed by atoms with E-state index >= 15 is 0 Å². The number of nitrogens with zero attached hydrogens (tertiary/aromatic N) is 1. The smallest absolute Gasteiger partial charge is 0.208 e. The number of halogens is 2. The SMILES string of the molecule is Cc1ccc(S(=O)(=O)N2CCC(NS(=O)(=O)c3cccc(Cl)c3Cl)CC2)cc1. The van der Waals surface area contributed by atoms with Crippen molar-refractivity contribution in [3.8, 4) is 0 Å². The summed E-state index contributed by atoms with van der Waals surface area (Å²) in [6.45, 7) is 2.35. The molecule has 1 aliphatic rings. The fourth-order valence-corrected chi connectivity index (χ4v) is 6.58. The number of nitrogens with one attached hydrogen (secondary N) is 1. The molecule has 1 fully saturated rings. The Labute approximate surface area is 175 Å². The number of rotatable bonds is 5. The lowest BCUT2D eigenvalue weighted by atomic mass is 10.1. The molecule has 0 aromatic heterocycles. The topological polar surface area (TPSA) is 83.6 Å². The third-order valence-corrected chi connectivity index (χ3v) is 9.05. The van der Waals surface area contributed by atoms with Crippen LogP contribution in [-0.2, 0) is 20.0 Å². The summed E-state index contributed by atoms with van der Waals surface area (Å²) in [5, 5.41) is 0.125. The van der Waals surface area contributed by atoms with Gasteiger partial charge in [-0.3, -0.25) is 0 Å². The van der Waals surface area contributed by atoms with E-state index in [0.717, 1.165) is 5.56 Å². The van der Waals surface area contributed by atoms with Gasteiger partial charge in [0.05, 0.1) is 14.9 Å². The van der Waals surface area contributed by atoms with Crippen LogP contribution in [0.15, 0.2) is 52.3 Å². The molecule has 6 nitrogen and oxygen atoms in total. The molecule has 0 unspecified atom stereocenters.